The molecule has 0 aromatic carbocycles. The molecule has 11 heavy (non-hydrogen) atoms. The smallest absolute Gasteiger partial charge is 0.233 e. The molecule has 0 bridgehead atoms. The van der Waals surface area contributed by atoms with Crippen molar-refractivity contribution in [1.82, 2.24) is 9.36 Å². The third-order valence-electron chi connectivity index (χ3n) is 1.87. The molecule has 1 heterocycles. The van der Waals surface area contributed by atoms with Crippen molar-refractivity contribution in [3.8, 4) is 0 Å². The van der Waals surface area contributed by atoms with Crippen molar-refractivity contribution in [2.75, 3.05) is 11.1 Å². The number of nitrogens with two attached hydrogens (primary N) is 1. The number of aromatic nitrogens is 2. The molecule has 1 aliphatic carbocycles. The number of hydrogen-bond donors (Lipinski definition) is 2. The summed E-state index contributed by atoms with van der Waals surface area (Å²) in [5, 5.41) is 4.12. The summed E-state index contributed by atoms with van der Waals surface area (Å²) in [7, 11) is 0. The molecular weight excluding hydrogens is 160 g/mol. The maximum absolute atomic E-state index is 5.36. The minimum atomic E-state index is 0.372. The summed E-state index contributed by atoms with van der Waals surface area (Å²) < 4.78 is 3.87. The predicted octanol–water partition coefficient (Wildman–Crippen LogP) is 1.08. The molecule has 0 atom stereocenters. The van der Waals surface area contributed by atoms with Crippen molar-refractivity contribution in [3.63, 3.8) is 0 Å². The summed E-state index contributed by atoms with van der Waals surface area (Å²) in [5.74, 6) is 0.372. The van der Waals surface area contributed by atoms with Gasteiger partial charge < -0.3 is 11.1 Å². The summed E-state index contributed by atoms with van der Waals surface area (Å²) in [6.07, 6.45) is 3.82. The molecule has 1 aliphatic rings. The van der Waals surface area contributed by atoms with E-state index in [9.17, 15) is 0 Å². The second-order valence-corrected chi connectivity index (χ2v) is 3.48. The lowest BCUT2D eigenvalue weighted by Gasteiger charge is -2.25. The van der Waals surface area contributed by atoms with Crippen LogP contribution in [0.15, 0.2) is 0 Å². The number of nitrogen functional groups attached to an aromatic ring is 1. The van der Waals surface area contributed by atoms with Crippen LogP contribution in [0.3, 0.4) is 0 Å². The van der Waals surface area contributed by atoms with Crippen LogP contribution in [0.5, 0.6) is 0 Å². The van der Waals surface area contributed by atoms with E-state index in [2.05, 4.69) is 14.7 Å². The van der Waals surface area contributed by atoms with E-state index in [1.807, 2.05) is 0 Å². The normalized spacial score (nSPS) is 17.8. The fourth-order valence-corrected chi connectivity index (χ4v) is 1.60. The minimum Gasteiger partial charge on any atom is -0.367 e. The van der Waals surface area contributed by atoms with Gasteiger partial charge in [-0.3, -0.25) is 0 Å². The molecule has 0 spiro atoms. The highest BCUT2D eigenvalue weighted by Gasteiger charge is 2.17. The third-order valence-corrected chi connectivity index (χ3v) is 2.53. The Kier molecular flexibility index (Phi) is 1.65. The van der Waals surface area contributed by atoms with Gasteiger partial charge in [-0.1, -0.05) is 0 Å². The molecular formula is C6H10N4S. The Hall–Kier alpha value is -0.840. The molecule has 0 radical (unpaired) electrons. The van der Waals surface area contributed by atoms with Crippen LogP contribution in [0.1, 0.15) is 19.3 Å². The maximum atomic E-state index is 5.36. The monoisotopic (exact) mass is 170 g/mol. The van der Waals surface area contributed by atoms with Crippen molar-refractivity contribution >= 4 is 22.6 Å². The van der Waals surface area contributed by atoms with E-state index in [0.717, 1.165) is 5.13 Å². The van der Waals surface area contributed by atoms with Gasteiger partial charge in [-0.05, 0) is 19.3 Å². The Morgan fingerprint density at radius 3 is 2.82 bits per heavy atom. The standard InChI is InChI=1S/C6H10N4S/c7-5-9-6(11-10-5)8-4-2-1-3-4/h4H,1-3H2,(H3,7,8,9,10). The van der Waals surface area contributed by atoms with Crippen LogP contribution in [-0.4, -0.2) is 15.4 Å². The van der Waals surface area contributed by atoms with E-state index in [-0.39, 0.29) is 0 Å². The second-order valence-electron chi connectivity index (χ2n) is 2.73. The zero-order chi connectivity index (χ0) is 7.68. The van der Waals surface area contributed by atoms with E-state index >= 15 is 0 Å². The van der Waals surface area contributed by atoms with Gasteiger partial charge in [0, 0.05) is 17.6 Å². The lowest BCUT2D eigenvalue weighted by atomic mass is 9.93. The number of nitrogens with one attached hydrogen (secondary N) is 1. The van der Waals surface area contributed by atoms with Crippen LogP contribution < -0.4 is 11.1 Å². The van der Waals surface area contributed by atoms with Gasteiger partial charge in [0.2, 0.25) is 11.1 Å². The van der Waals surface area contributed by atoms with E-state index in [0.29, 0.717) is 12.0 Å². The second kappa shape index (κ2) is 2.65. The Balaban J connectivity index is 1.95. The molecule has 4 nitrogen and oxygen atoms in total. The van der Waals surface area contributed by atoms with Crippen molar-refractivity contribution in [2.24, 2.45) is 0 Å². The van der Waals surface area contributed by atoms with Crippen LogP contribution in [0, 0.1) is 0 Å². The predicted molar refractivity (Wildman–Crippen MR) is 45.6 cm³/mol. The molecule has 1 aromatic rings. The summed E-state index contributed by atoms with van der Waals surface area (Å²) in [6, 6.07) is 0.613. The highest BCUT2D eigenvalue weighted by Crippen LogP contribution is 2.24. The number of rotatable bonds is 2. The van der Waals surface area contributed by atoms with Crippen LogP contribution in [0.25, 0.3) is 0 Å². The molecule has 5 heteroatoms. The maximum Gasteiger partial charge on any atom is 0.233 e. The first-order valence-corrected chi connectivity index (χ1v) is 4.47. The number of nitrogens with zero attached hydrogens (tertiary/aromatic N) is 2. The Morgan fingerprint density at radius 1 is 1.55 bits per heavy atom. The first-order chi connectivity index (χ1) is 5.34. The first kappa shape index (κ1) is 6.84. The molecule has 3 N–H and O–H groups in total. The average Bonchev–Trinajstić information content (AvgIpc) is 2.27. The van der Waals surface area contributed by atoms with Gasteiger partial charge in [-0.2, -0.15) is 9.36 Å². The number of hydrogen-bond acceptors (Lipinski definition) is 5. The lowest BCUT2D eigenvalue weighted by molar-refractivity contribution is 0.445. The van der Waals surface area contributed by atoms with Crippen molar-refractivity contribution in [1.29, 1.82) is 0 Å². The summed E-state index contributed by atoms with van der Waals surface area (Å²) in [5.41, 5.74) is 5.36. The molecule has 0 amide bonds. The van der Waals surface area contributed by atoms with E-state index in [1.165, 1.54) is 30.8 Å². The van der Waals surface area contributed by atoms with Crippen molar-refractivity contribution in [2.45, 2.75) is 25.3 Å². The summed E-state index contributed by atoms with van der Waals surface area (Å²) in [4.78, 5) is 4.01. The molecule has 2 rings (SSSR count). The third kappa shape index (κ3) is 1.42. The van der Waals surface area contributed by atoms with Gasteiger partial charge in [0.05, 0.1) is 0 Å². The van der Waals surface area contributed by atoms with Crippen LogP contribution in [0.2, 0.25) is 0 Å². The summed E-state index contributed by atoms with van der Waals surface area (Å²) in [6.45, 7) is 0. The Bertz CT molecular complexity index is 242. The fraction of sp³-hybridized carbons (Fsp3) is 0.667. The zero-order valence-electron chi connectivity index (χ0n) is 6.08. The molecule has 1 saturated carbocycles. The minimum absolute atomic E-state index is 0.372. The summed E-state index contributed by atoms with van der Waals surface area (Å²) >= 11 is 1.33. The zero-order valence-corrected chi connectivity index (χ0v) is 6.90. The molecule has 1 fully saturated rings. The van der Waals surface area contributed by atoms with Gasteiger partial charge in [0.25, 0.3) is 0 Å². The Morgan fingerprint density at radius 2 is 2.36 bits per heavy atom. The Labute approximate surface area is 69.0 Å². The molecule has 60 valence electrons. The van der Waals surface area contributed by atoms with Crippen LogP contribution in [0.4, 0.5) is 11.1 Å². The SMILES string of the molecule is Nc1nsc(NC2CCC2)n1. The molecule has 1 aromatic heterocycles. The molecule has 0 saturated heterocycles. The van der Waals surface area contributed by atoms with E-state index in [4.69, 9.17) is 5.73 Å². The topological polar surface area (TPSA) is 63.8 Å². The van der Waals surface area contributed by atoms with Gasteiger partial charge in [-0.15, -0.1) is 0 Å². The number of anilines is 2. The molecule has 0 unspecified atom stereocenters. The van der Waals surface area contributed by atoms with Crippen LogP contribution >= 0.6 is 11.5 Å². The molecule has 0 aliphatic heterocycles. The van der Waals surface area contributed by atoms with Crippen molar-refractivity contribution in [3.05, 3.63) is 0 Å². The average molecular weight is 170 g/mol. The fourth-order valence-electron chi connectivity index (χ4n) is 1.02. The highest BCUT2D eigenvalue weighted by atomic mass is 32.1. The largest absolute Gasteiger partial charge is 0.367 e. The van der Waals surface area contributed by atoms with Gasteiger partial charge >= 0.3 is 0 Å². The van der Waals surface area contributed by atoms with Gasteiger partial charge in [0.1, 0.15) is 0 Å². The van der Waals surface area contributed by atoms with Crippen LogP contribution in [-0.2, 0) is 0 Å². The highest BCUT2D eigenvalue weighted by molar-refractivity contribution is 7.09. The van der Waals surface area contributed by atoms with Crippen molar-refractivity contribution < 1.29 is 0 Å². The quantitative estimate of drug-likeness (QED) is 0.697. The van der Waals surface area contributed by atoms with Gasteiger partial charge in [0.15, 0.2) is 0 Å². The van der Waals surface area contributed by atoms with Gasteiger partial charge in [-0.25, -0.2) is 0 Å². The first-order valence-electron chi connectivity index (χ1n) is 3.70. The van der Waals surface area contributed by atoms with E-state index < -0.39 is 0 Å². The van der Waals surface area contributed by atoms with E-state index in [1.54, 1.807) is 0 Å². The lowest BCUT2D eigenvalue weighted by Crippen LogP contribution is -2.26.